The van der Waals surface area contributed by atoms with Crippen molar-refractivity contribution in [2.45, 2.75) is 26.8 Å². The Kier molecular flexibility index (Phi) is 3.80. The van der Waals surface area contributed by atoms with Crippen LogP contribution in [-0.4, -0.2) is 9.78 Å². The molecule has 102 valence electrons. The van der Waals surface area contributed by atoms with Crippen molar-refractivity contribution in [1.82, 2.24) is 9.78 Å². The summed E-state index contributed by atoms with van der Waals surface area (Å²) in [6.07, 6.45) is 0. The van der Waals surface area contributed by atoms with Gasteiger partial charge in [-0.2, -0.15) is 5.10 Å². The minimum Gasteiger partial charge on any atom is -0.378 e. The van der Waals surface area contributed by atoms with Crippen molar-refractivity contribution in [3.63, 3.8) is 0 Å². The fourth-order valence-corrected chi connectivity index (χ4v) is 2.51. The Bertz CT molecular complexity index is 607. The van der Waals surface area contributed by atoms with Crippen LogP contribution in [0.4, 0.5) is 10.1 Å². The van der Waals surface area contributed by atoms with E-state index in [9.17, 15) is 4.39 Å². The van der Waals surface area contributed by atoms with Crippen LogP contribution in [0, 0.1) is 19.7 Å². The molecule has 0 fully saturated rings. The van der Waals surface area contributed by atoms with Crippen molar-refractivity contribution < 1.29 is 4.39 Å². The lowest BCUT2D eigenvalue weighted by molar-refractivity contribution is 0.628. The predicted octanol–water partition coefficient (Wildman–Crippen LogP) is 4.00. The van der Waals surface area contributed by atoms with Gasteiger partial charge in [-0.15, -0.1) is 0 Å². The summed E-state index contributed by atoms with van der Waals surface area (Å²) in [6, 6.07) is 4.71. The summed E-state index contributed by atoms with van der Waals surface area (Å²) in [5, 5.41) is 7.83. The van der Waals surface area contributed by atoms with Gasteiger partial charge >= 0.3 is 0 Å². The highest BCUT2D eigenvalue weighted by atomic mass is 35.5. The van der Waals surface area contributed by atoms with Gasteiger partial charge in [0.25, 0.3) is 0 Å². The molecule has 1 unspecified atom stereocenters. The molecule has 1 N–H and O–H groups in total. The molecule has 0 bridgehead atoms. The molecule has 1 aromatic heterocycles. The van der Waals surface area contributed by atoms with Gasteiger partial charge in [0.05, 0.1) is 16.8 Å². The van der Waals surface area contributed by atoms with Gasteiger partial charge in [0, 0.05) is 24.0 Å². The molecule has 1 heterocycles. The first-order chi connectivity index (χ1) is 8.90. The molecule has 1 atom stereocenters. The Labute approximate surface area is 117 Å². The van der Waals surface area contributed by atoms with Gasteiger partial charge in [-0.05, 0) is 39.0 Å². The molecule has 0 aliphatic rings. The summed E-state index contributed by atoms with van der Waals surface area (Å²) in [4.78, 5) is 0. The van der Waals surface area contributed by atoms with Crippen molar-refractivity contribution in [1.29, 1.82) is 0 Å². The van der Waals surface area contributed by atoms with Crippen LogP contribution in [0.2, 0.25) is 5.02 Å². The molecule has 3 nitrogen and oxygen atoms in total. The number of anilines is 1. The van der Waals surface area contributed by atoms with Crippen molar-refractivity contribution >= 4 is 17.3 Å². The largest absolute Gasteiger partial charge is 0.378 e. The monoisotopic (exact) mass is 281 g/mol. The number of nitrogens with zero attached hydrogens (tertiary/aromatic N) is 2. The molecule has 19 heavy (non-hydrogen) atoms. The summed E-state index contributed by atoms with van der Waals surface area (Å²) in [5.41, 5.74) is 4.06. The Morgan fingerprint density at radius 3 is 2.58 bits per heavy atom. The first kappa shape index (κ1) is 13.9. The maximum atomic E-state index is 13.1. The predicted molar refractivity (Wildman–Crippen MR) is 76.1 cm³/mol. The van der Waals surface area contributed by atoms with E-state index in [4.69, 9.17) is 11.6 Å². The lowest BCUT2D eigenvalue weighted by atomic mass is 10.1. The normalized spacial score (nSPS) is 12.5. The summed E-state index contributed by atoms with van der Waals surface area (Å²) >= 11 is 5.78. The van der Waals surface area contributed by atoms with Crippen molar-refractivity contribution in [2.24, 2.45) is 7.05 Å². The van der Waals surface area contributed by atoms with E-state index in [1.165, 1.54) is 6.07 Å². The van der Waals surface area contributed by atoms with Gasteiger partial charge in [-0.1, -0.05) is 11.6 Å². The fourth-order valence-electron chi connectivity index (χ4n) is 2.32. The van der Waals surface area contributed by atoms with Crippen LogP contribution < -0.4 is 5.32 Å². The molecule has 0 aliphatic carbocycles. The van der Waals surface area contributed by atoms with E-state index in [2.05, 4.69) is 10.4 Å². The van der Waals surface area contributed by atoms with E-state index in [1.54, 1.807) is 12.1 Å². The third kappa shape index (κ3) is 2.73. The van der Waals surface area contributed by atoms with Gasteiger partial charge in [0.2, 0.25) is 0 Å². The topological polar surface area (TPSA) is 29.9 Å². The van der Waals surface area contributed by atoms with Crippen LogP contribution in [0.5, 0.6) is 0 Å². The van der Waals surface area contributed by atoms with Gasteiger partial charge in [-0.3, -0.25) is 4.68 Å². The zero-order chi connectivity index (χ0) is 14.2. The third-order valence-electron chi connectivity index (χ3n) is 3.30. The molecule has 0 aliphatic heterocycles. The van der Waals surface area contributed by atoms with Gasteiger partial charge in [0.15, 0.2) is 0 Å². The Balaban J connectivity index is 2.25. The summed E-state index contributed by atoms with van der Waals surface area (Å²) in [5.74, 6) is -0.409. The highest BCUT2D eigenvalue weighted by Crippen LogP contribution is 2.26. The second-order valence-corrected chi connectivity index (χ2v) is 5.11. The molecule has 0 spiro atoms. The van der Waals surface area contributed by atoms with Crippen molar-refractivity contribution in [3.8, 4) is 0 Å². The standard InChI is InChI=1S/C14H17ClFN3/c1-8(14-9(2)18-19(4)10(14)3)17-11-5-6-13(16)12(15)7-11/h5-8,17H,1-4H3. The zero-order valence-corrected chi connectivity index (χ0v) is 12.2. The number of hydrogen-bond donors (Lipinski definition) is 1. The minimum absolute atomic E-state index is 0.0789. The Morgan fingerprint density at radius 2 is 2.05 bits per heavy atom. The van der Waals surface area contributed by atoms with E-state index in [-0.39, 0.29) is 11.1 Å². The highest BCUT2D eigenvalue weighted by molar-refractivity contribution is 6.31. The molecule has 0 radical (unpaired) electrons. The van der Waals surface area contributed by atoms with E-state index < -0.39 is 5.82 Å². The molecule has 0 saturated carbocycles. The molecular formula is C14H17ClFN3. The number of halogens is 2. The van der Waals surface area contributed by atoms with E-state index in [1.807, 2.05) is 32.5 Å². The highest BCUT2D eigenvalue weighted by Gasteiger charge is 2.16. The minimum atomic E-state index is -0.409. The second-order valence-electron chi connectivity index (χ2n) is 4.70. The van der Waals surface area contributed by atoms with Crippen LogP contribution in [-0.2, 0) is 7.05 Å². The molecule has 2 aromatic rings. The molecule has 0 saturated heterocycles. The van der Waals surface area contributed by atoms with Crippen molar-refractivity contribution in [2.75, 3.05) is 5.32 Å². The Hall–Kier alpha value is -1.55. The average Bonchev–Trinajstić information content (AvgIpc) is 2.58. The quantitative estimate of drug-likeness (QED) is 0.921. The first-order valence-corrected chi connectivity index (χ1v) is 6.49. The van der Waals surface area contributed by atoms with Gasteiger partial charge in [-0.25, -0.2) is 4.39 Å². The van der Waals surface area contributed by atoms with Crippen LogP contribution in [0.3, 0.4) is 0 Å². The first-order valence-electron chi connectivity index (χ1n) is 6.12. The number of aromatic nitrogens is 2. The number of rotatable bonds is 3. The number of hydrogen-bond acceptors (Lipinski definition) is 2. The van der Waals surface area contributed by atoms with Crippen LogP contribution in [0.25, 0.3) is 0 Å². The van der Waals surface area contributed by atoms with Crippen LogP contribution in [0.1, 0.15) is 29.9 Å². The molecule has 0 amide bonds. The lowest BCUT2D eigenvalue weighted by Crippen LogP contribution is -2.09. The molecule has 1 aromatic carbocycles. The van der Waals surface area contributed by atoms with Crippen LogP contribution in [0.15, 0.2) is 18.2 Å². The van der Waals surface area contributed by atoms with Gasteiger partial charge < -0.3 is 5.32 Å². The van der Waals surface area contributed by atoms with E-state index in [0.29, 0.717) is 0 Å². The fraction of sp³-hybridized carbons (Fsp3) is 0.357. The van der Waals surface area contributed by atoms with Gasteiger partial charge in [0.1, 0.15) is 5.82 Å². The van der Waals surface area contributed by atoms with Crippen LogP contribution >= 0.6 is 11.6 Å². The zero-order valence-electron chi connectivity index (χ0n) is 11.5. The summed E-state index contributed by atoms with van der Waals surface area (Å²) in [7, 11) is 1.92. The maximum absolute atomic E-state index is 13.1. The second kappa shape index (κ2) is 5.21. The van der Waals surface area contributed by atoms with E-state index in [0.717, 1.165) is 22.6 Å². The van der Waals surface area contributed by atoms with Crippen molar-refractivity contribution in [3.05, 3.63) is 46.0 Å². The third-order valence-corrected chi connectivity index (χ3v) is 3.59. The summed E-state index contributed by atoms with van der Waals surface area (Å²) < 4.78 is 15.0. The Morgan fingerprint density at radius 1 is 1.37 bits per heavy atom. The maximum Gasteiger partial charge on any atom is 0.141 e. The average molecular weight is 282 g/mol. The molecule has 5 heteroatoms. The SMILES string of the molecule is Cc1nn(C)c(C)c1C(C)Nc1ccc(F)c(Cl)c1. The molecule has 2 rings (SSSR count). The molecular weight excluding hydrogens is 265 g/mol. The number of aryl methyl sites for hydroxylation is 2. The number of nitrogens with one attached hydrogen (secondary N) is 1. The van der Waals surface area contributed by atoms with E-state index >= 15 is 0 Å². The summed E-state index contributed by atoms with van der Waals surface area (Å²) in [6.45, 7) is 6.07. The lowest BCUT2D eigenvalue weighted by Gasteiger charge is -2.16. The smallest absolute Gasteiger partial charge is 0.141 e. The number of benzene rings is 1.